The van der Waals surface area contributed by atoms with E-state index in [4.69, 9.17) is 10.5 Å². The Labute approximate surface area is 145 Å². The molecule has 134 valence electrons. The van der Waals surface area contributed by atoms with Crippen LogP contribution in [0, 0.1) is 5.41 Å². The van der Waals surface area contributed by atoms with E-state index in [-0.39, 0.29) is 25.0 Å². The molecule has 1 aromatic rings. The lowest BCUT2D eigenvalue weighted by Crippen LogP contribution is -2.67. The van der Waals surface area contributed by atoms with Crippen molar-refractivity contribution in [2.24, 2.45) is 11.1 Å². The number of amides is 4. The molecule has 0 saturated carbocycles. The highest BCUT2D eigenvalue weighted by molar-refractivity contribution is 5.94. The molecule has 0 unspecified atom stereocenters. The molecule has 2 heterocycles. The van der Waals surface area contributed by atoms with E-state index in [1.54, 1.807) is 29.2 Å². The summed E-state index contributed by atoms with van der Waals surface area (Å²) in [6, 6.07) is 6.72. The van der Waals surface area contributed by atoms with Gasteiger partial charge in [0.1, 0.15) is 5.75 Å². The van der Waals surface area contributed by atoms with Gasteiger partial charge < -0.3 is 26.0 Å². The van der Waals surface area contributed by atoms with Gasteiger partial charge >= 0.3 is 6.03 Å². The summed E-state index contributed by atoms with van der Waals surface area (Å²) in [6.07, 6.45) is 1.86. The van der Waals surface area contributed by atoms with E-state index in [0.29, 0.717) is 31.1 Å². The second kappa shape index (κ2) is 7.00. The molecular weight excluding hydrogens is 324 g/mol. The zero-order valence-corrected chi connectivity index (χ0v) is 13.9. The maximum Gasteiger partial charge on any atom is 0.322 e. The summed E-state index contributed by atoms with van der Waals surface area (Å²) in [5.41, 5.74) is 5.19. The third kappa shape index (κ3) is 3.67. The second-order valence-corrected chi connectivity index (χ2v) is 6.49. The summed E-state index contributed by atoms with van der Waals surface area (Å²) in [5, 5.41) is 5.67. The van der Waals surface area contributed by atoms with E-state index in [1.165, 1.54) is 0 Å². The van der Waals surface area contributed by atoms with Crippen LogP contribution in [0.5, 0.6) is 5.75 Å². The summed E-state index contributed by atoms with van der Waals surface area (Å²) in [7, 11) is 0. The van der Waals surface area contributed by atoms with Crippen LogP contribution in [0.25, 0.3) is 0 Å². The highest BCUT2D eigenvalue weighted by atomic mass is 16.5. The van der Waals surface area contributed by atoms with Gasteiger partial charge in [0.05, 0.1) is 24.1 Å². The molecule has 4 N–H and O–H groups in total. The summed E-state index contributed by atoms with van der Waals surface area (Å²) in [6.45, 7) is 1.71. The maximum atomic E-state index is 12.4. The van der Waals surface area contributed by atoms with Gasteiger partial charge in [-0.05, 0) is 25.0 Å². The molecule has 2 saturated heterocycles. The molecule has 0 bridgehead atoms. The second-order valence-electron chi connectivity index (χ2n) is 6.49. The van der Waals surface area contributed by atoms with Gasteiger partial charge in [0.15, 0.2) is 0 Å². The maximum absolute atomic E-state index is 12.4. The molecule has 0 aliphatic carbocycles. The molecule has 8 heteroatoms. The molecule has 25 heavy (non-hydrogen) atoms. The number of primary amides is 1. The Morgan fingerprint density at radius 3 is 2.80 bits per heavy atom. The topological polar surface area (TPSA) is 114 Å². The predicted molar refractivity (Wildman–Crippen MR) is 91.0 cm³/mol. The minimum absolute atomic E-state index is 0.0398. The Hall–Kier alpha value is -2.77. The Morgan fingerprint density at radius 2 is 2.08 bits per heavy atom. The van der Waals surface area contributed by atoms with Crippen molar-refractivity contribution < 1.29 is 19.1 Å². The monoisotopic (exact) mass is 346 g/mol. The van der Waals surface area contributed by atoms with Crippen molar-refractivity contribution in [2.45, 2.75) is 19.3 Å². The number of hydrogen-bond acceptors (Lipinski definition) is 4. The first-order valence-electron chi connectivity index (χ1n) is 8.35. The summed E-state index contributed by atoms with van der Waals surface area (Å²) in [4.78, 5) is 36.9. The standard InChI is InChI=1S/C17H22N4O4/c18-14(22)6-9-25-13-5-2-1-4-12(13)20-16(24)21-10-17(11-21)7-3-8-19-15(17)23/h1-2,4-5H,3,6-11H2,(H2,18,22)(H,19,23)(H,20,24). The molecule has 4 amide bonds. The third-order valence-corrected chi connectivity index (χ3v) is 4.61. The van der Waals surface area contributed by atoms with Crippen molar-refractivity contribution in [1.29, 1.82) is 0 Å². The molecule has 2 aliphatic heterocycles. The van der Waals surface area contributed by atoms with E-state index in [9.17, 15) is 14.4 Å². The van der Waals surface area contributed by atoms with Crippen LogP contribution in [-0.2, 0) is 9.59 Å². The SMILES string of the molecule is NC(=O)CCOc1ccccc1NC(=O)N1CC2(CCCNC2=O)C1. The fourth-order valence-electron chi connectivity index (χ4n) is 3.21. The molecule has 2 fully saturated rings. The Morgan fingerprint density at radius 1 is 1.32 bits per heavy atom. The van der Waals surface area contributed by atoms with Crippen LogP contribution in [-0.4, -0.2) is 49.0 Å². The Kier molecular flexibility index (Phi) is 4.78. The first-order chi connectivity index (χ1) is 12.0. The minimum atomic E-state index is -0.446. The van der Waals surface area contributed by atoms with E-state index in [1.807, 2.05) is 0 Å². The van der Waals surface area contributed by atoms with Crippen LogP contribution in [0.4, 0.5) is 10.5 Å². The van der Waals surface area contributed by atoms with Crippen LogP contribution >= 0.6 is 0 Å². The zero-order valence-electron chi connectivity index (χ0n) is 13.9. The average Bonchev–Trinajstić information content (AvgIpc) is 2.54. The van der Waals surface area contributed by atoms with Gasteiger partial charge in [0.25, 0.3) is 0 Å². The number of nitrogens with two attached hydrogens (primary N) is 1. The van der Waals surface area contributed by atoms with E-state index in [2.05, 4.69) is 10.6 Å². The summed E-state index contributed by atoms with van der Waals surface area (Å²) >= 11 is 0. The predicted octanol–water partition coefficient (Wildman–Crippen LogP) is 0.685. The molecule has 0 aromatic heterocycles. The number of para-hydroxylation sites is 2. The number of nitrogens with one attached hydrogen (secondary N) is 2. The van der Waals surface area contributed by atoms with Gasteiger partial charge in [-0.2, -0.15) is 0 Å². The smallest absolute Gasteiger partial charge is 0.322 e. The van der Waals surface area contributed by atoms with Gasteiger partial charge in [-0.1, -0.05) is 12.1 Å². The highest BCUT2D eigenvalue weighted by Gasteiger charge is 2.51. The molecule has 3 rings (SSSR count). The number of likely N-dealkylation sites (tertiary alicyclic amines) is 1. The summed E-state index contributed by atoms with van der Waals surface area (Å²) in [5.74, 6) is 0.0684. The summed E-state index contributed by atoms with van der Waals surface area (Å²) < 4.78 is 5.51. The van der Waals surface area contributed by atoms with Crippen LogP contribution in [0.15, 0.2) is 24.3 Å². The largest absolute Gasteiger partial charge is 0.491 e. The van der Waals surface area contributed by atoms with Crippen molar-refractivity contribution in [2.75, 3.05) is 31.6 Å². The minimum Gasteiger partial charge on any atom is -0.491 e. The number of urea groups is 1. The number of piperidine rings is 1. The molecule has 2 aliphatic rings. The highest BCUT2D eigenvalue weighted by Crippen LogP contribution is 2.38. The van der Waals surface area contributed by atoms with Crippen LogP contribution in [0.2, 0.25) is 0 Å². The molecular formula is C17H22N4O4. The average molecular weight is 346 g/mol. The van der Waals surface area contributed by atoms with Crippen molar-refractivity contribution >= 4 is 23.5 Å². The first-order valence-corrected chi connectivity index (χ1v) is 8.35. The first kappa shape index (κ1) is 17.1. The van der Waals surface area contributed by atoms with E-state index in [0.717, 1.165) is 12.8 Å². The van der Waals surface area contributed by atoms with E-state index >= 15 is 0 Å². The Bertz CT molecular complexity index is 685. The van der Waals surface area contributed by atoms with Gasteiger partial charge in [0.2, 0.25) is 11.8 Å². The normalized spacial score (nSPS) is 18.2. The number of carbonyl (C=O) groups is 3. The van der Waals surface area contributed by atoms with E-state index < -0.39 is 11.3 Å². The van der Waals surface area contributed by atoms with Gasteiger partial charge in [-0.15, -0.1) is 0 Å². The number of nitrogens with zero attached hydrogens (tertiary/aromatic N) is 1. The number of anilines is 1. The van der Waals surface area contributed by atoms with Crippen molar-refractivity contribution in [3.63, 3.8) is 0 Å². The lowest BCUT2D eigenvalue weighted by Gasteiger charge is -2.50. The lowest BCUT2D eigenvalue weighted by molar-refractivity contribution is -0.142. The fourth-order valence-corrected chi connectivity index (χ4v) is 3.21. The van der Waals surface area contributed by atoms with Gasteiger partial charge in [-0.25, -0.2) is 4.79 Å². The molecule has 0 atom stereocenters. The third-order valence-electron chi connectivity index (χ3n) is 4.61. The Balaban J connectivity index is 1.57. The fraction of sp³-hybridized carbons (Fsp3) is 0.471. The van der Waals surface area contributed by atoms with Crippen molar-refractivity contribution in [3.8, 4) is 5.75 Å². The number of carbonyl (C=O) groups excluding carboxylic acids is 3. The van der Waals surface area contributed by atoms with Gasteiger partial charge in [-0.3, -0.25) is 9.59 Å². The van der Waals surface area contributed by atoms with Crippen LogP contribution < -0.4 is 21.1 Å². The molecule has 0 radical (unpaired) electrons. The zero-order chi connectivity index (χ0) is 17.9. The number of ether oxygens (including phenoxy) is 1. The number of rotatable bonds is 5. The van der Waals surface area contributed by atoms with Crippen LogP contribution in [0.3, 0.4) is 0 Å². The number of benzene rings is 1. The van der Waals surface area contributed by atoms with Crippen LogP contribution in [0.1, 0.15) is 19.3 Å². The molecule has 8 nitrogen and oxygen atoms in total. The van der Waals surface area contributed by atoms with Crippen molar-refractivity contribution in [3.05, 3.63) is 24.3 Å². The number of hydrogen-bond donors (Lipinski definition) is 3. The lowest BCUT2D eigenvalue weighted by atomic mass is 9.73. The van der Waals surface area contributed by atoms with Gasteiger partial charge in [0, 0.05) is 19.6 Å². The molecule has 1 aromatic carbocycles. The molecule has 1 spiro atoms. The van der Waals surface area contributed by atoms with Crippen molar-refractivity contribution in [1.82, 2.24) is 10.2 Å². The quantitative estimate of drug-likeness (QED) is 0.727.